The van der Waals surface area contributed by atoms with Crippen molar-refractivity contribution in [1.29, 1.82) is 0 Å². The van der Waals surface area contributed by atoms with Gasteiger partial charge >= 0.3 is 0 Å². The Morgan fingerprint density at radius 3 is 2.47 bits per heavy atom. The maximum Gasteiger partial charge on any atom is 0.0104 e. The van der Waals surface area contributed by atoms with E-state index in [-0.39, 0.29) is 0 Å². The van der Waals surface area contributed by atoms with Gasteiger partial charge in [0.25, 0.3) is 0 Å². The fourth-order valence-corrected chi connectivity index (χ4v) is 2.65. The first-order valence-corrected chi connectivity index (χ1v) is 7.57. The van der Waals surface area contributed by atoms with Gasteiger partial charge in [-0.25, -0.2) is 0 Å². The smallest absolute Gasteiger partial charge is 0.0104 e. The van der Waals surface area contributed by atoms with Gasteiger partial charge in [0, 0.05) is 13.1 Å². The first-order chi connectivity index (χ1) is 8.18. The molecule has 1 saturated carbocycles. The molecule has 0 unspecified atom stereocenters. The van der Waals surface area contributed by atoms with E-state index in [4.69, 9.17) is 0 Å². The van der Waals surface area contributed by atoms with Gasteiger partial charge in [0.15, 0.2) is 0 Å². The van der Waals surface area contributed by atoms with Gasteiger partial charge in [-0.1, -0.05) is 46.0 Å². The summed E-state index contributed by atoms with van der Waals surface area (Å²) in [5.41, 5.74) is 0. The lowest BCUT2D eigenvalue weighted by molar-refractivity contribution is 0.264. The first-order valence-electron chi connectivity index (χ1n) is 7.57. The Hall–Kier alpha value is -0.0800. The Morgan fingerprint density at radius 2 is 1.82 bits per heavy atom. The van der Waals surface area contributed by atoms with Crippen LogP contribution >= 0.6 is 0 Å². The molecule has 1 aliphatic carbocycles. The minimum absolute atomic E-state index is 0.766. The highest BCUT2D eigenvalue weighted by Crippen LogP contribution is 2.26. The van der Waals surface area contributed by atoms with Crippen LogP contribution in [0.4, 0.5) is 0 Å². The summed E-state index contributed by atoms with van der Waals surface area (Å²) in [5, 5.41) is 3.51. The highest BCUT2D eigenvalue weighted by Gasteiger charge is 2.13. The third kappa shape index (κ3) is 7.77. The summed E-state index contributed by atoms with van der Waals surface area (Å²) < 4.78 is 0. The van der Waals surface area contributed by atoms with E-state index < -0.39 is 0 Å². The average Bonchev–Trinajstić information content (AvgIpc) is 2.33. The van der Waals surface area contributed by atoms with E-state index in [0.717, 1.165) is 24.9 Å². The number of hydrogen-bond donors (Lipinski definition) is 1. The Kier molecular flexibility index (Phi) is 7.87. The highest BCUT2D eigenvalue weighted by molar-refractivity contribution is 4.67. The van der Waals surface area contributed by atoms with Crippen molar-refractivity contribution in [3.63, 3.8) is 0 Å². The van der Waals surface area contributed by atoms with Gasteiger partial charge in [0.2, 0.25) is 0 Å². The zero-order valence-electron chi connectivity index (χ0n) is 12.2. The van der Waals surface area contributed by atoms with Gasteiger partial charge in [-0.2, -0.15) is 0 Å². The van der Waals surface area contributed by atoms with Gasteiger partial charge in [-0.3, -0.25) is 0 Å². The maximum atomic E-state index is 3.51. The number of nitrogens with zero attached hydrogens (tertiary/aromatic N) is 1. The molecule has 102 valence electrons. The van der Waals surface area contributed by atoms with Crippen LogP contribution in [0.15, 0.2) is 0 Å². The normalized spacial score (nSPS) is 18.2. The van der Waals surface area contributed by atoms with Crippen LogP contribution in [-0.4, -0.2) is 38.1 Å². The van der Waals surface area contributed by atoms with Gasteiger partial charge in [-0.15, -0.1) is 0 Å². The Balaban J connectivity index is 1.94. The summed E-state index contributed by atoms with van der Waals surface area (Å²) in [6.45, 7) is 9.29. The molecule has 1 fully saturated rings. The molecule has 0 aromatic rings. The lowest BCUT2D eigenvalue weighted by atomic mass is 9.87. The van der Waals surface area contributed by atoms with Crippen LogP contribution in [0.3, 0.4) is 0 Å². The van der Waals surface area contributed by atoms with Crippen LogP contribution in [0.2, 0.25) is 0 Å². The molecular formula is C15H32N2. The van der Waals surface area contributed by atoms with Crippen molar-refractivity contribution < 1.29 is 0 Å². The molecule has 0 amide bonds. The average molecular weight is 240 g/mol. The fourth-order valence-electron chi connectivity index (χ4n) is 2.65. The van der Waals surface area contributed by atoms with Crippen LogP contribution in [0.25, 0.3) is 0 Å². The van der Waals surface area contributed by atoms with Crippen molar-refractivity contribution in [2.75, 3.05) is 33.2 Å². The number of nitrogens with one attached hydrogen (secondary N) is 1. The Morgan fingerprint density at radius 1 is 1.12 bits per heavy atom. The lowest BCUT2D eigenvalue weighted by Crippen LogP contribution is -2.32. The first kappa shape index (κ1) is 15.0. The van der Waals surface area contributed by atoms with Crippen molar-refractivity contribution in [1.82, 2.24) is 10.2 Å². The van der Waals surface area contributed by atoms with Crippen molar-refractivity contribution in [3.8, 4) is 0 Å². The van der Waals surface area contributed by atoms with Gasteiger partial charge in [-0.05, 0) is 38.4 Å². The van der Waals surface area contributed by atoms with Crippen molar-refractivity contribution in [2.24, 2.45) is 11.8 Å². The molecule has 1 N–H and O–H groups in total. The Bertz CT molecular complexity index is 174. The molecule has 0 radical (unpaired) electrons. The molecule has 1 rings (SSSR count). The van der Waals surface area contributed by atoms with E-state index in [1.54, 1.807) is 0 Å². The van der Waals surface area contributed by atoms with Crippen molar-refractivity contribution in [3.05, 3.63) is 0 Å². The van der Waals surface area contributed by atoms with Gasteiger partial charge < -0.3 is 10.2 Å². The topological polar surface area (TPSA) is 15.3 Å². The fraction of sp³-hybridized carbons (Fsp3) is 1.00. The molecule has 17 heavy (non-hydrogen) atoms. The van der Waals surface area contributed by atoms with E-state index >= 15 is 0 Å². The number of likely N-dealkylation sites (N-methyl/N-ethyl adjacent to an activating group) is 1. The SMILES string of the molecule is CC(C)CNCCN(C)CCC1CCCCC1. The van der Waals surface area contributed by atoms with E-state index in [1.165, 1.54) is 51.6 Å². The van der Waals surface area contributed by atoms with Crippen LogP contribution in [0.1, 0.15) is 52.4 Å². The minimum Gasteiger partial charge on any atom is -0.315 e. The van der Waals surface area contributed by atoms with Crippen molar-refractivity contribution >= 4 is 0 Å². The molecule has 0 aliphatic heterocycles. The van der Waals surface area contributed by atoms with Crippen LogP contribution < -0.4 is 5.32 Å². The van der Waals surface area contributed by atoms with E-state index in [0.29, 0.717) is 0 Å². The summed E-state index contributed by atoms with van der Waals surface area (Å²) in [6.07, 6.45) is 8.82. The molecule has 0 aromatic heterocycles. The third-order valence-corrected chi connectivity index (χ3v) is 3.87. The predicted molar refractivity (Wildman–Crippen MR) is 76.4 cm³/mol. The standard InChI is InChI=1S/C15H32N2/c1-14(2)13-16-10-12-17(3)11-9-15-7-5-4-6-8-15/h14-16H,4-13H2,1-3H3. The predicted octanol–water partition coefficient (Wildman–Crippen LogP) is 3.13. The number of hydrogen-bond acceptors (Lipinski definition) is 2. The summed E-state index contributed by atoms with van der Waals surface area (Å²) in [5.74, 6) is 1.79. The second kappa shape index (κ2) is 8.93. The minimum atomic E-state index is 0.766. The molecule has 0 aromatic carbocycles. The van der Waals surface area contributed by atoms with E-state index in [9.17, 15) is 0 Å². The molecule has 0 heterocycles. The van der Waals surface area contributed by atoms with E-state index in [2.05, 4.69) is 31.1 Å². The maximum absolute atomic E-state index is 3.51. The molecule has 0 bridgehead atoms. The summed E-state index contributed by atoms with van der Waals surface area (Å²) in [7, 11) is 2.26. The second-order valence-electron chi connectivity index (χ2n) is 6.19. The van der Waals surface area contributed by atoms with Crippen LogP contribution in [0, 0.1) is 11.8 Å². The summed E-state index contributed by atoms with van der Waals surface area (Å²) in [4.78, 5) is 2.49. The molecular weight excluding hydrogens is 208 g/mol. The molecule has 0 spiro atoms. The molecule has 1 aliphatic rings. The molecule has 0 atom stereocenters. The quantitative estimate of drug-likeness (QED) is 0.656. The van der Waals surface area contributed by atoms with Crippen LogP contribution in [-0.2, 0) is 0 Å². The van der Waals surface area contributed by atoms with E-state index in [1.807, 2.05) is 0 Å². The molecule has 2 heteroatoms. The van der Waals surface area contributed by atoms with Gasteiger partial charge in [0.05, 0.1) is 0 Å². The summed E-state index contributed by atoms with van der Waals surface area (Å²) in [6, 6.07) is 0. The number of rotatable bonds is 8. The zero-order valence-corrected chi connectivity index (χ0v) is 12.2. The van der Waals surface area contributed by atoms with Gasteiger partial charge in [0.1, 0.15) is 0 Å². The van der Waals surface area contributed by atoms with Crippen LogP contribution in [0.5, 0.6) is 0 Å². The third-order valence-electron chi connectivity index (χ3n) is 3.87. The molecule has 0 saturated heterocycles. The lowest BCUT2D eigenvalue weighted by Gasteiger charge is -2.24. The molecule has 2 nitrogen and oxygen atoms in total. The highest BCUT2D eigenvalue weighted by atomic mass is 15.1. The monoisotopic (exact) mass is 240 g/mol. The zero-order chi connectivity index (χ0) is 12.5. The second-order valence-corrected chi connectivity index (χ2v) is 6.19. The largest absolute Gasteiger partial charge is 0.315 e. The Labute approximate surface area is 108 Å². The van der Waals surface area contributed by atoms with Crippen molar-refractivity contribution in [2.45, 2.75) is 52.4 Å². The summed E-state index contributed by atoms with van der Waals surface area (Å²) >= 11 is 0.